The van der Waals surface area contributed by atoms with Crippen LogP contribution in [0.25, 0.3) is 6.08 Å². The van der Waals surface area contributed by atoms with Crippen molar-refractivity contribution in [3.8, 4) is 0 Å². The maximum atomic E-state index is 12.2. The number of hydrogen-bond acceptors (Lipinski definition) is 2. The smallest absolute Gasteiger partial charge is 0.256 e. The molecule has 0 aliphatic heterocycles. The summed E-state index contributed by atoms with van der Waals surface area (Å²) in [4.78, 5) is 22.4. The van der Waals surface area contributed by atoms with Crippen LogP contribution in [0.5, 0.6) is 0 Å². The number of hydrogen-bond donors (Lipinski definition) is 1. The van der Waals surface area contributed by atoms with Gasteiger partial charge in [0.15, 0.2) is 0 Å². The van der Waals surface area contributed by atoms with Gasteiger partial charge in [0.05, 0.1) is 0 Å². The van der Waals surface area contributed by atoms with Crippen LogP contribution < -0.4 is 5.32 Å². The first-order chi connectivity index (χ1) is 9.31. The van der Waals surface area contributed by atoms with Crippen LogP contribution in [0, 0.1) is 0 Å². The second-order valence-electron chi connectivity index (χ2n) is 3.86. The molecule has 1 N–H and O–H groups in total. The van der Waals surface area contributed by atoms with Gasteiger partial charge in [-0.15, -0.1) is 0 Å². The van der Waals surface area contributed by atoms with Crippen molar-refractivity contribution in [1.82, 2.24) is 0 Å². The molecule has 0 saturated carbocycles. The normalized spacial score (nSPS) is 10.3. The summed E-state index contributed by atoms with van der Waals surface area (Å²) in [5, 5.41) is 2.80. The van der Waals surface area contributed by atoms with Crippen molar-refractivity contribution in [3.05, 3.63) is 71.8 Å². The Morgan fingerprint density at radius 1 is 1.00 bits per heavy atom. The van der Waals surface area contributed by atoms with Crippen LogP contribution in [-0.4, -0.2) is 12.2 Å². The largest absolute Gasteiger partial charge is 0.322 e. The fourth-order valence-electron chi connectivity index (χ4n) is 1.69. The first-order valence-corrected chi connectivity index (χ1v) is 5.81. The van der Waals surface area contributed by atoms with Crippen molar-refractivity contribution >= 4 is 24.0 Å². The lowest BCUT2D eigenvalue weighted by Gasteiger charge is -2.07. The Balaban J connectivity index is 2.24. The predicted octanol–water partition coefficient (Wildman–Crippen LogP) is 3.06. The standard InChI is InChI=1S/C16H12NO2/c18-12-6-8-13-7-4-5-11-15(13)16(19)17-14-9-2-1-3-10-14/h1-11H,(H,17,19)/b8-6+. The first-order valence-electron chi connectivity index (χ1n) is 5.81. The Morgan fingerprint density at radius 2 is 1.68 bits per heavy atom. The highest BCUT2D eigenvalue weighted by Crippen LogP contribution is 2.14. The van der Waals surface area contributed by atoms with Crippen LogP contribution >= 0.6 is 0 Å². The zero-order valence-corrected chi connectivity index (χ0v) is 10.2. The van der Waals surface area contributed by atoms with Crippen LogP contribution in [-0.2, 0) is 4.79 Å². The van der Waals surface area contributed by atoms with Crippen molar-refractivity contribution in [2.75, 3.05) is 5.32 Å². The molecule has 3 nitrogen and oxygen atoms in total. The molecule has 2 aromatic carbocycles. The van der Waals surface area contributed by atoms with E-state index in [1.165, 1.54) is 6.08 Å². The number of carbonyl (C=O) groups excluding carboxylic acids is 2. The van der Waals surface area contributed by atoms with Crippen LogP contribution in [0.3, 0.4) is 0 Å². The van der Waals surface area contributed by atoms with E-state index in [-0.39, 0.29) is 5.91 Å². The molecule has 1 amide bonds. The van der Waals surface area contributed by atoms with E-state index in [9.17, 15) is 9.59 Å². The van der Waals surface area contributed by atoms with Crippen molar-refractivity contribution in [2.24, 2.45) is 0 Å². The number of carbonyl (C=O) groups is 1. The van der Waals surface area contributed by atoms with E-state index in [0.717, 1.165) is 5.69 Å². The number of nitrogens with one attached hydrogen (secondary N) is 1. The van der Waals surface area contributed by atoms with Crippen molar-refractivity contribution < 1.29 is 9.59 Å². The van der Waals surface area contributed by atoms with Crippen LogP contribution in [0.15, 0.2) is 60.7 Å². The number of amides is 1. The molecule has 93 valence electrons. The summed E-state index contributed by atoms with van der Waals surface area (Å²) in [7, 11) is 0. The third kappa shape index (κ3) is 3.39. The van der Waals surface area contributed by atoms with Crippen molar-refractivity contribution in [1.29, 1.82) is 0 Å². The van der Waals surface area contributed by atoms with Crippen molar-refractivity contribution in [2.45, 2.75) is 0 Å². The fraction of sp³-hybridized carbons (Fsp3) is 0. The minimum absolute atomic E-state index is 0.211. The predicted molar refractivity (Wildman–Crippen MR) is 75.6 cm³/mol. The van der Waals surface area contributed by atoms with Gasteiger partial charge in [-0.1, -0.05) is 42.5 Å². The maximum absolute atomic E-state index is 12.2. The van der Waals surface area contributed by atoms with Gasteiger partial charge in [-0.25, -0.2) is 0 Å². The van der Waals surface area contributed by atoms with Gasteiger partial charge < -0.3 is 5.32 Å². The molecule has 19 heavy (non-hydrogen) atoms. The zero-order chi connectivity index (χ0) is 13.5. The molecule has 0 aliphatic carbocycles. The Hall–Kier alpha value is -2.68. The molecule has 0 fully saturated rings. The highest BCUT2D eigenvalue weighted by atomic mass is 16.1. The summed E-state index contributed by atoms with van der Waals surface area (Å²) < 4.78 is 0. The number of allylic oxidation sites excluding steroid dienone is 1. The molecule has 3 heteroatoms. The highest BCUT2D eigenvalue weighted by Gasteiger charge is 2.08. The summed E-state index contributed by atoms with van der Waals surface area (Å²) in [6, 6.07) is 16.3. The molecule has 0 saturated heterocycles. The zero-order valence-electron chi connectivity index (χ0n) is 10.2. The number of benzene rings is 2. The molecule has 0 bridgehead atoms. The molecule has 0 aliphatic rings. The summed E-state index contributed by atoms with van der Waals surface area (Å²) in [5.41, 5.74) is 1.92. The lowest BCUT2D eigenvalue weighted by atomic mass is 10.1. The van der Waals surface area contributed by atoms with Gasteiger partial charge >= 0.3 is 0 Å². The van der Waals surface area contributed by atoms with Gasteiger partial charge in [0, 0.05) is 11.3 Å². The van der Waals surface area contributed by atoms with Gasteiger partial charge in [-0.3, -0.25) is 9.59 Å². The van der Waals surface area contributed by atoms with E-state index in [1.54, 1.807) is 30.6 Å². The molecular weight excluding hydrogens is 238 g/mol. The van der Waals surface area contributed by atoms with Crippen molar-refractivity contribution in [3.63, 3.8) is 0 Å². The average molecular weight is 250 g/mol. The van der Waals surface area contributed by atoms with Gasteiger partial charge in [0.1, 0.15) is 0 Å². The summed E-state index contributed by atoms with van der Waals surface area (Å²) in [6.07, 6.45) is 4.48. The van der Waals surface area contributed by atoms with E-state index in [1.807, 2.05) is 36.4 Å². The molecule has 0 unspecified atom stereocenters. The summed E-state index contributed by atoms with van der Waals surface area (Å²) in [5.74, 6) is -0.211. The van der Waals surface area contributed by atoms with Crippen LogP contribution in [0.2, 0.25) is 0 Å². The Labute approximate surface area is 111 Å². The Bertz CT molecular complexity index is 603. The lowest BCUT2D eigenvalue weighted by Crippen LogP contribution is -2.13. The Kier molecular flexibility index (Phi) is 4.24. The van der Waals surface area contributed by atoms with E-state index in [4.69, 9.17) is 0 Å². The Morgan fingerprint density at radius 3 is 2.42 bits per heavy atom. The monoisotopic (exact) mass is 250 g/mol. The minimum atomic E-state index is -0.211. The van der Waals surface area contributed by atoms with Crippen LogP contribution in [0.1, 0.15) is 15.9 Å². The van der Waals surface area contributed by atoms with Gasteiger partial charge in [-0.2, -0.15) is 0 Å². The average Bonchev–Trinajstić information content (AvgIpc) is 2.46. The van der Waals surface area contributed by atoms with E-state index >= 15 is 0 Å². The number of anilines is 1. The molecule has 0 atom stereocenters. The summed E-state index contributed by atoms with van der Waals surface area (Å²) >= 11 is 0. The minimum Gasteiger partial charge on any atom is -0.322 e. The van der Waals surface area contributed by atoms with Gasteiger partial charge in [0.25, 0.3) is 5.91 Å². The molecule has 0 spiro atoms. The molecule has 2 aromatic rings. The fourth-order valence-corrected chi connectivity index (χ4v) is 1.69. The molecular formula is C16H12NO2. The maximum Gasteiger partial charge on any atom is 0.256 e. The molecule has 0 aromatic heterocycles. The van der Waals surface area contributed by atoms with E-state index in [2.05, 4.69) is 5.32 Å². The van der Waals surface area contributed by atoms with Gasteiger partial charge in [-0.05, 0) is 29.8 Å². The molecule has 2 rings (SSSR count). The SMILES string of the molecule is O=[C]/C=C/c1ccccc1C(=O)Nc1ccccc1. The third-order valence-electron chi connectivity index (χ3n) is 2.57. The number of para-hydroxylation sites is 1. The number of rotatable bonds is 4. The quantitative estimate of drug-likeness (QED) is 0.848. The summed E-state index contributed by atoms with van der Waals surface area (Å²) in [6.45, 7) is 0. The second kappa shape index (κ2) is 6.31. The topological polar surface area (TPSA) is 46.2 Å². The van der Waals surface area contributed by atoms with E-state index < -0.39 is 0 Å². The van der Waals surface area contributed by atoms with Gasteiger partial charge in [0.2, 0.25) is 6.29 Å². The van der Waals surface area contributed by atoms with Crippen LogP contribution in [0.4, 0.5) is 5.69 Å². The first kappa shape index (κ1) is 12.8. The molecule has 1 radical (unpaired) electrons. The van der Waals surface area contributed by atoms with E-state index in [0.29, 0.717) is 11.1 Å². The highest BCUT2D eigenvalue weighted by molar-refractivity contribution is 6.06. The second-order valence-corrected chi connectivity index (χ2v) is 3.86. The third-order valence-corrected chi connectivity index (χ3v) is 2.57. The lowest BCUT2D eigenvalue weighted by molar-refractivity contribution is 0.102. The molecule has 0 heterocycles.